The van der Waals surface area contributed by atoms with Gasteiger partial charge in [0.15, 0.2) is 11.6 Å². The van der Waals surface area contributed by atoms with Crippen LogP contribution in [0.2, 0.25) is 0 Å². The molecule has 3 aromatic carbocycles. The van der Waals surface area contributed by atoms with Crippen LogP contribution in [-0.2, 0) is 6.42 Å². The van der Waals surface area contributed by atoms with Gasteiger partial charge in [-0.25, -0.2) is 13.2 Å². The number of hydrogen-bond acceptors (Lipinski definition) is 1. The van der Waals surface area contributed by atoms with Crippen molar-refractivity contribution in [3.05, 3.63) is 76.6 Å². The van der Waals surface area contributed by atoms with Crippen molar-refractivity contribution in [2.75, 3.05) is 0 Å². The van der Waals surface area contributed by atoms with Gasteiger partial charge in [-0.3, -0.25) is 0 Å². The maximum absolute atomic E-state index is 15.1. The summed E-state index contributed by atoms with van der Waals surface area (Å²) in [4.78, 5) is 0. The average Bonchev–Trinajstić information content (AvgIpc) is 2.88. The summed E-state index contributed by atoms with van der Waals surface area (Å²) in [5.74, 6) is 1.32. The fourth-order valence-electron chi connectivity index (χ4n) is 5.25. The van der Waals surface area contributed by atoms with Crippen molar-refractivity contribution in [2.24, 2.45) is 11.8 Å². The van der Waals surface area contributed by atoms with Crippen molar-refractivity contribution in [1.82, 2.24) is 0 Å². The molecule has 3 aromatic rings. The van der Waals surface area contributed by atoms with E-state index in [0.717, 1.165) is 35.6 Å². The van der Waals surface area contributed by atoms with E-state index in [1.54, 1.807) is 12.1 Å². The molecule has 38 heavy (non-hydrogen) atoms. The molecule has 0 amide bonds. The Balaban J connectivity index is 1.42. The Morgan fingerprint density at radius 3 is 2.13 bits per heavy atom. The summed E-state index contributed by atoms with van der Waals surface area (Å²) in [5.41, 5.74) is 0.918. The van der Waals surface area contributed by atoms with Gasteiger partial charge in [0.05, 0.1) is 5.56 Å². The van der Waals surface area contributed by atoms with E-state index in [0.29, 0.717) is 17.5 Å². The smallest absolute Gasteiger partial charge is 0.399 e. The first-order chi connectivity index (χ1) is 18.1. The normalized spacial score (nSPS) is 17.8. The fourth-order valence-corrected chi connectivity index (χ4v) is 5.25. The number of benzene rings is 3. The second kappa shape index (κ2) is 12.1. The van der Waals surface area contributed by atoms with E-state index >= 15 is 4.39 Å². The molecule has 202 valence electrons. The molecule has 1 fully saturated rings. The van der Waals surface area contributed by atoms with E-state index in [9.17, 15) is 22.0 Å². The molecule has 0 spiro atoms. The molecule has 0 radical (unpaired) electrons. The quantitative estimate of drug-likeness (QED) is 0.218. The van der Waals surface area contributed by atoms with Crippen LogP contribution in [0.1, 0.15) is 75.0 Å². The number of halogens is 6. The maximum atomic E-state index is 15.1. The fraction of sp³-hybridized carbons (Fsp3) is 0.419. The first-order valence-corrected chi connectivity index (χ1v) is 13.1. The van der Waals surface area contributed by atoms with Gasteiger partial charge in [-0.05, 0) is 53.8 Å². The number of unbranched alkanes of at least 4 members (excludes halogenated alkanes) is 1. The lowest BCUT2D eigenvalue weighted by Crippen LogP contribution is -2.19. The monoisotopic (exact) mass is 532 g/mol. The SMILES string of the molecule is CCCCC1CCC(CCc2ccc3c(F)c(C#Cc4cc(F)c(OC(F)(F)F)c(F)c4)ccc3c2)CC1. The number of fused-ring (bicyclic) bond motifs is 1. The van der Waals surface area contributed by atoms with Crippen molar-refractivity contribution >= 4 is 10.8 Å². The zero-order chi connectivity index (χ0) is 27.3. The Labute approximate surface area is 219 Å². The van der Waals surface area contributed by atoms with Crippen molar-refractivity contribution in [3.8, 4) is 17.6 Å². The topological polar surface area (TPSA) is 9.23 Å². The first-order valence-electron chi connectivity index (χ1n) is 13.1. The van der Waals surface area contributed by atoms with Gasteiger partial charge in [-0.1, -0.05) is 88.0 Å². The number of hydrogen-bond donors (Lipinski definition) is 0. The van der Waals surface area contributed by atoms with E-state index in [4.69, 9.17) is 0 Å². The third kappa shape index (κ3) is 7.24. The molecule has 1 nitrogen and oxygen atoms in total. The van der Waals surface area contributed by atoms with Crippen molar-refractivity contribution in [1.29, 1.82) is 0 Å². The van der Waals surface area contributed by atoms with Crippen molar-refractivity contribution in [3.63, 3.8) is 0 Å². The van der Waals surface area contributed by atoms with Crippen molar-refractivity contribution in [2.45, 2.75) is 71.1 Å². The van der Waals surface area contributed by atoms with Crippen LogP contribution in [-0.4, -0.2) is 6.36 Å². The van der Waals surface area contributed by atoms with Gasteiger partial charge in [-0.2, -0.15) is 0 Å². The van der Waals surface area contributed by atoms with Crippen LogP contribution in [0.3, 0.4) is 0 Å². The molecule has 1 saturated carbocycles. The molecule has 0 aliphatic heterocycles. The second-order valence-corrected chi connectivity index (χ2v) is 10.1. The molecule has 0 atom stereocenters. The Hall–Kier alpha value is -3.14. The molecular weight excluding hydrogens is 502 g/mol. The van der Waals surface area contributed by atoms with E-state index in [-0.39, 0.29) is 11.1 Å². The highest BCUT2D eigenvalue weighted by molar-refractivity contribution is 5.85. The molecule has 0 saturated heterocycles. The van der Waals surface area contributed by atoms with Crippen LogP contribution in [0.5, 0.6) is 5.75 Å². The second-order valence-electron chi connectivity index (χ2n) is 10.1. The minimum atomic E-state index is -5.24. The lowest BCUT2D eigenvalue weighted by molar-refractivity contribution is -0.276. The first kappa shape index (κ1) is 27.9. The predicted molar refractivity (Wildman–Crippen MR) is 136 cm³/mol. The number of aryl methyl sites for hydroxylation is 1. The minimum absolute atomic E-state index is 0.0153. The summed E-state index contributed by atoms with van der Waals surface area (Å²) >= 11 is 0. The standard InChI is InChI=1S/C31H30F6O/c1-2-3-4-20-5-7-21(8-6-20)9-10-22-12-16-26-25(17-22)15-14-24(29(26)34)13-11-23-18-27(32)30(28(33)19-23)38-31(35,36)37/h12,14-21H,2-10H2,1H3. The van der Waals surface area contributed by atoms with Gasteiger partial charge in [-0.15, -0.1) is 13.2 Å². The Bertz CT molecular complexity index is 1300. The molecule has 0 unspecified atom stereocenters. The zero-order valence-electron chi connectivity index (χ0n) is 21.2. The van der Waals surface area contributed by atoms with Crippen LogP contribution >= 0.6 is 0 Å². The molecule has 4 rings (SSSR count). The Kier molecular flexibility index (Phi) is 8.91. The highest BCUT2D eigenvalue weighted by Gasteiger charge is 2.34. The molecule has 7 heteroatoms. The highest BCUT2D eigenvalue weighted by Crippen LogP contribution is 2.34. The summed E-state index contributed by atoms with van der Waals surface area (Å²) in [7, 11) is 0. The largest absolute Gasteiger partial charge is 0.573 e. The van der Waals surface area contributed by atoms with E-state index in [1.807, 2.05) is 12.1 Å². The third-order valence-electron chi connectivity index (χ3n) is 7.35. The number of alkyl halides is 3. The predicted octanol–water partition coefficient (Wildman–Crippen LogP) is 9.48. The lowest BCUT2D eigenvalue weighted by atomic mass is 9.78. The van der Waals surface area contributed by atoms with Gasteiger partial charge in [0, 0.05) is 10.9 Å². The molecular formula is C31H30F6O. The minimum Gasteiger partial charge on any atom is -0.399 e. The zero-order valence-corrected chi connectivity index (χ0v) is 21.2. The van der Waals surface area contributed by atoms with E-state index in [1.165, 1.54) is 51.0 Å². The van der Waals surface area contributed by atoms with E-state index in [2.05, 4.69) is 23.5 Å². The summed E-state index contributed by atoms with van der Waals surface area (Å²) < 4.78 is 83.3. The molecule has 1 aliphatic rings. The summed E-state index contributed by atoms with van der Waals surface area (Å²) in [6, 6.07) is 10.1. The Morgan fingerprint density at radius 2 is 1.50 bits per heavy atom. The number of ether oxygens (including phenoxy) is 1. The summed E-state index contributed by atoms with van der Waals surface area (Å²) in [5, 5.41) is 1.11. The van der Waals surface area contributed by atoms with Gasteiger partial charge in [0.1, 0.15) is 5.82 Å². The van der Waals surface area contributed by atoms with Crippen LogP contribution in [0, 0.1) is 41.1 Å². The molecule has 1 aliphatic carbocycles. The van der Waals surface area contributed by atoms with Gasteiger partial charge < -0.3 is 4.74 Å². The van der Waals surface area contributed by atoms with Gasteiger partial charge in [0.25, 0.3) is 0 Å². The molecule has 0 aromatic heterocycles. The summed E-state index contributed by atoms with van der Waals surface area (Å²) in [6.07, 6.45) is 5.96. The van der Waals surface area contributed by atoms with Crippen molar-refractivity contribution < 1.29 is 31.1 Å². The molecule has 0 heterocycles. The van der Waals surface area contributed by atoms with Crippen LogP contribution < -0.4 is 4.74 Å². The third-order valence-corrected chi connectivity index (χ3v) is 7.35. The van der Waals surface area contributed by atoms with E-state index < -0.39 is 29.6 Å². The molecule has 0 N–H and O–H groups in total. The summed E-state index contributed by atoms with van der Waals surface area (Å²) in [6.45, 7) is 2.24. The molecule has 0 bridgehead atoms. The van der Waals surface area contributed by atoms with Crippen LogP contribution in [0.4, 0.5) is 26.3 Å². The van der Waals surface area contributed by atoms with Gasteiger partial charge in [0.2, 0.25) is 5.75 Å². The lowest BCUT2D eigenvalue weighted by Gasteiger charge is -2.28. The van der Waals surface area contributed by atoms with Gasteiger partial charge >= 0.3 is 6.36 Å². The van der Waals surface area contributed by atoms with Crippen LogP contribution in [0.25, 0.3) is 10.8 Å². The maximum Gasteiger partial charge on any atom is 0.573 e. The number of rotatable bonds is 7. The Morgan fingerprint density at radius 1 is 0.842 bits per heavy atom. The average molecular weight is 533 g/mol. The highest BCUT2D eigenvalue weighted by atomic mass is 19.4. The van der Waals surface area contributed by atoms with Crippen LogP contribution in [0.15, 0.2) is 42.5 Å².